The second-order valence-electron chi connectivity index (χ2n) is 7.35. The van der Waals surface area contributed by atoms with Crippen molar-refractivity contribution in [2.75, 3.05) is 25.4 Å². The van der Waals surface area contributed by atoms with Gasteiger partial charge in [0.15, 0.2) is 22.4 Å². The number of hydrogen-bond acceptors (Lipinski definition) is 8. The van der Waals surface area contributed by atoms with Gasteiger partial charge in [0, 0.05) is 21.9 Å². The number of aromatic nitrogens is 2. The molecule has 3 N–H and O–H groups in total. The first-order chi connectivity index (χ1) is 15.9. The molecule has 0 saturated heterocycles. The topological polar surface area (TPSA) is 126 Å². The number of carbonyl (C=O) groups excluding carboxylic acids is 2. The standard InChI is InChI=1S/C23H18N4O5S/c1-31-15-8-7-14-17-19(12-5-3-4-6-13(12)20(17)29)27(22(30)18(14)21(15)32-2)26-16(28)9-11-10-33-23(24)25-11/h3-8,10H,9H2,1-2H3,(H2,24,25)(H,26,28). The number of ether oxygens (including phenoxy) is 2. The van der Waals surface area contributed by atoms with Crippen molar-refractivity contribution in [2.24, 2.45) is 0 Å². The van der Waals surface area contributed by atoms with E-state index in [2.05, 4.69) is 10.4 Å². The van der Waals surface area contributed by atoms with Crippen molar-refractivity contribution >= 4 is 38.9 Å². The summed E-state index contributed by atoms with van der Waals surface area (Å²) in [6.45, 7) is 0. The van der Waals surface area contributed by atoms with Gasteiger partial charge in [0.2, 0.25) is 5.91 Å². The van der Waals surface area contributed by atoms with E-state index in [-0.39, 0.29) is 23.3 Å². The van der Waals surface area contributed by atoms with Gasteiger partial charge in [-0.05, 0) is 12.1 Å². The van der Waals surface area contributed by atoms with Crippen LogP contribution in [0.25, 0.3) is 22.0 Å². The average molecular weight is 462 g/mol. The molecule has 0 unspecified atom stereocenters. The van der Waals surface area contributed by atoms with Crippen LogP contribution in [-0.2, 0) is 11.2 Å². The molecule has 1 amide bonds. The van der Waals surface area contributed by atoms with Gasteiger partial charge in [0.25, 0.3) is 5.56 Å². The van der Waals surface area contributed by atoms with E-state index in [1.807, 2.05) is 0 Å². The van der Waals surface area contributed by atoms with Gasteiger partial charge in [-0.2, -0.15) is 0 Å². The highest BCUT2D eigenvalue weighted by Gasteiger charge is 2.34. The Morgan fingerprint density at radius 1 is 1.12 bits per heavy atom. The van der Waals surface area contributed by atoms with Crippen molar-refractivity contribution in [3.05, 3.63) is 69.0 Å². The third kappa shape index (κ3) is 3.14. The molecule has 5 rings (SSSR count). The lowest BCUT2D eigenvalue weighted by molar-refractivity contribution is -0.116. The number of carbonyl (C=O) groups is 2. The molecule has 10 heteroatoms. The highest BCUT2D eigenvalue weighted by Crippen LogP contribution is 2.42. The van der Waals surface area contributed by atoms with E-state index in [4.69, 9.17) is 15.2 Å². The van der Waals surface area contributed by atoms with Crippen LogP contribution in [0.2, 0.25) is 0 Å². The molecule has 2 aromatic carbocycles. The molecule has 2 aromatic heterocycles. The highest BCUT2D eigenvalue weighted by molar-refractivity contribution is 7.13. The van der Waals surface area contributed by atoms with Gasteiger partial charge in [-0.25, -0.2) is 9.66 Å². The fourth-order valence-corrected chi connectivity index (χ4v) is 4.71. The number of benzene rings is 2. The van der Waals surface area contributed by atoms with Crippen LogP contribution in [-0.4, -0.2) is 35.6 Å². The maximum Gasteiger partial charge on any atom is 0.281 e. The zero-order valence-electron chi connectivity index (χ0n) is 17.7. The number of rotatable bonds is 5. The summed E-state index contributed by atoms with van der Waals surface area (Å²) in [7, 11) is 2.87. The van der Waals surface area contributed by atoms with Crippen molar-refractivity contribution in [1.82, 2.24) is 9.66 Å². The number of nitrogen functional groups attached to an aromatic ring is 1. The third-order valence-electron chi connectivity index (χ3n) is 5.49. The average Bonchev–Trinajstić information content (AvgIpc) is 3.36. The van der Waals surface area contributed by atoms with Crippen LogP contribution in [0, 0.1) is 0 Å². The number of nitrogens with two attached hydrogens (primary N) is 1. The van der Waals surface area contributed by atoms with Crippen LogP contribution in [0.5, 0.6) is 11.5 Å². The number of fused-ring (bicyclic) bond motifs is 5. The molecule has 9 nitrogen and oxygen atoms in total. The summed E-state index contributed by atoms with van der Waals surface area (Å²) in [5.41, 5.74) is 9.88. The van der Waals surface area contributed by atoms with Crippen LogP contribution in [0.15, 0.2) is 46.6 Å². The van der Waals surface area contributed by atoms with Crippen LogP contribution >= 0.6 is 11.3 Å². The number of methoxy groups -OCH3 is 2. The van der Waals surface area contributed by atoms with E-state index in [9.17, 15) is 14.4 Å². The number of amides is 1. The Hall–Kier alpha value is -4.18. The second-order valence-corrected chi connectivity index (χ2v) is 8.24. The van der Waals surface area contributed by atoms with E-state index in [0.29, 0.717) is 44.3 Å². The van der Waals surface area contributed by atoms with Gasteiger partial charge in [0.1, 0.15) is 0 Å². The predicted molar refractivity (Wildman–Crippen MR) is 125 cm³/mol. The molecule has 2 heterocycles. The quantitative estimate of drug-likeness (QED) is 0.411. The number of nitrogens with one attached hydrogen (secondary N) is 1. The molecule has 0 atom stereocenters. The van der Waals surface area contributed by atoms with E-state index in [1.54, 1.807) is 41.8 Å². The molecule has 0 saturated carbocycles. The maximum absolute atomic E-state index is 13.7. The van der Waals surface area contributed by atoms with Crippen molar-refractivity contribution in [1.29, 1.82) is 0 Å². The minimum atomic E-state index is -0.546. The summed E-state index contributed by atoms with van der Waals surface area (Å²) < 4.78 is 11.9. The normalized spacial score (nSPS) is 11.9. The van der Waals surface area contributed by atoms with Gasteiger partial charge >= 0.3 is 0 Å². The fourth-order valence-electron chi connectivity index (χ4n) is 4.15. The summed E-state index contributed by atoms with van der Waals surface area (Å²) in [5, 5.41) is 2.58. The molecular formula is C23H18N4O5S. The molecule has 0 spiro atoms. The fraction of sp³-hybridized carbons (Fsp3) is 0.130. The molecule has 4 aromatic rings. The van der Waals surface area contributed by atoms with Gasteiger partial charge < -0.3 is 15.2 Å². The van der Waals surface area contributed by atoms with Crippen LogP contribution in [0.1, 0.15) is 21.6 Å². The number of ketones is 1. The van der Waals surface area contributed by atoms with E-state index in [0.717, 1.165) is 4.68 Å². The Morgan fingerprint density at radius 2 is 1.88 bits per heavy atom. The zero-order valence-corrected chi connectivity index (χ0v) is 18.5. The van der Waals surface area contributed by atoms with Crippen molar-refractivity contribution in [3.63, 3.8) is 0 Å². The molecule has 166 valence electrons. The van der Waals surface area contributed by atoms with Crippen molar-refractivity contribution in [3.8, 4) is 22.8 Å². The first-order valence-electron chi connectivity index (χ1n) is 9.92. The molecule has 0 fully saturated rings. The first-order valence-corrected chi connectivity index (χ1v) is 10.8. The minimum Gasteiger partial charge on any atom is -0.493 e. The van der Waals surface area contributed by atoms with Crippen molar-refractivity contribution in [2.45, 2.75) is 6.42 Å². The van der Waals surface area contributed by atoms with Crippen LogP contribution < -0.4 is 26.2 Å². The van der Waals surface area contributed by atoms with Crippen molar-refractivity contribution < 1.29 is 19.1 Å². The summed E-state index contributed by atoms with van der Waals surface area (Å²) in [5.74, 6) is -0.210. The minimum absolute atomic E-state index is 0.0855. The third-order valence-corrected chi connectivity index (χ3v) is 6.22. The van der Waals surface area contributed by atoms with E-state index in [1.165, 1.54) is 25.6 Å². The predicted octanol–water partition coefficient (Wildman–Crippen LogP) is 2.58. The SMILES string of the molecule is COc1ccc2c3c(n(NC(=O)Cc4csc(N)n4)c(=O)c2c1OC)-c1ccccc1C3=O. The van der Waals surface area contributed by atoms with Crippen LogP contribution in [0.3, 0.4) is 0 Å². The largest absolute Gasteiger partial charge is 0.493 e. The summed E-state index contributed by atoms with van der Waals surface area (Å²) >= 11 is 1.22. The zero-order chi connectivity index (χ0) is 23.3. The lowest BCUT2D eigenvalue weighted by Crippen LogP contribution is -2.35. The van der Waals surface area contributed by atoms with Gasteiger partial charge in [-0.15, -0.1) is 11.3 Å². The summed E-state index contributed by atoms with van der Waals surface area (Å²) in [4.78, 5) is 44.0. The smallest absolute Gasteiger partial charge is 0.281 e. The highest BCUT2D eigenvalue weighted by atomic mass is 32.1. The number of anilines is 1. The summed E-state index contributed by atoms with van der Waals surface area (Å²) in [6, 6.07) is 10.3. The number of nitrogens with zero attached hydrogens (tertiary/aromatic N) is 2. The molecule has 1 aliphatic carbocycles. The molecule has 1 aliphatic rings. The van der Waals surface area contributed by atoms with Crippen LogP contribution in [0.4, 0.5) is 5.13 Å². The molecule has 0 bridgehead atoms. The second kappa shape index (κ2) is 7.75. The Bertz CT molecular complexity index is 1520. The first kappa shape index (κ1) is 20.7. The number of pyridine rings is 1. The lowest BCUT2D eigenvalue weighted by Gasteiger charge is -2.18. The Labute approximate surface area is 191 Å². The maximum atomic E-state index is 13.7. The number of thiazole rings is 1. The Balaban J connectivity index is 1.77. The van der Waals surface area contributed by atoms with Gasteiger partial charge in [0.05, 0.1) is 43.0 Å². The molecule has 33 heavy (non-hydrogen) atoms. The molecule has 0 aliphatic heterocycles. The Morgan fingerprint density at radius 3 is 2.55 bits per heavy atom. The van der Waals surface area contributed by atoms with Gasteiger partial charge in [-0.1, -0.05) is 24.3 Å². The Kier molecular flexibility index (Phi) is 4.86. The number of hydrogen-bond donors (Lipinski definition) is 2. The molecular weight excluding hydrogens is 444 g/mol. The van der Waals surface area contributed by atoms with E-state index < -0.39 is 11.5 Å². The summed E-state index contributed by atoms with van der Waals surface area (Å²) in [6.07, 6.45) is -0.0855. The molecule has 0 radical (unpaired) electrons. The van der Waals surface area contributed by atoms with E-state index >= 15 is 0 Å². The lowest BCUT2D eigenvalue weighted by atomic mass is 10.0. The van der Waals surface area contributed by atoms with Gasteiger partial charge in [-0.3, -0.25) is 19.8 Å². The monoisotopic (exact) mass is 462 g/mol.